The van der Waals surface area contributed by atoms with Gasteiger partial charge in [0, 0.05) is 11.9 Å². The molecule has 0 aliphatic rings. The number of aromatic nitrogens is 3. The van der Waals surface area contributed by atoms with Gasteiger partial charge in [-0.3, -0.25) is 10.1 Å². The molecule has 1 atom stereocenters. The largest absolute Gasteiger partial charge is 0.451 e. The summed E-state index contributed by atoms with van der Waals surface area (Å²) in [6.07, 6.45) is 1.28. The van der Waals surface area contributed by atoms with E-state index in [0.29, 0.717) is 11.6 Å². The number of nitrogens with zero attached hydrogens (tertiary/aromatic N) is 2. The summed E-state index contributed by atoms with van der Waals surface area (Å²) in [5.41, 5.74) is 1.93. The molecule has 0 amide bonds. The van der Waals surface area contributed by atoms with Gasteiger partial charge in [0.05, 0.1) is 5.69 Å². The van der Waals surface area contributed by atoms with Crippen LogP contribution < -0.4 is 0 Å². The molecule has 2 heterocycles. The van der Waals surface area contributed by atoms with Crippen molar-refractivity contribution in [2.75, 3.05) is 0 Å². The number of rotatable bonds is 4. The van der Waals surface area contributed by atoms with Crippen LogP contribution in [0.25, 0.3) is 0 Å². The Balaban J connectivity index is 2.04. The molecular weight excluding hydrogens is 242 g/mol. The van der Waals surface area contributed by atoms with E-state index in [0.717, 1.165) is 11.4 Å². The average Bonchev–Trinajstić information content (AvgIpc) is 2.89. The Morgan fingerprint density at radius 2 is 2.11 bits per heavy atom. The highest BCUT2D eigenvalue weighted by atomic mass is 16.5. The first-order valence-electron chi connectivity index (χ1n) is 6.25. The molecule has 19 heavy (non-hydrogen) atoms. The van der Waals surface area contributed by atoms with E-state index in [1.165, 1.54) is 0 Å². The summed E-state index contributed by atoms with van der Waals surface area (Å²) >= 11 is 0. The Kier molecular flexibility index (Phi) is 3.94. The van der Waals surface area contributed by atoms with Crippen molar-refractivity contribution in [3.63, 3.8) is 0 Å². The summed E-state index contributed by atoms with van der Waals surface area (Å²) in [7, 11) is 0. The quantitative estimate of drug-likeness (QED) is 0.857. The zero-order valence-corrected chi connectivity index (χ0v) is 11.3. The summed E-state index contributed by atoms with van der Waals surface area (Å²) in [6.45, 7) is 5.84. The van der Waals surface area contributed by atoms with E-state index in [9.17, 15) is 4.79 Å². The molecule has 0 spiro atoms. The molecule has 5 nitrogen and oxygen atoms in total. The van der Waals surface area contributed by atoms with E-state index in [4.69, 9.17) is 4.74 Å². The number of carbonyl (C=O) groups is 1. The van der Waals surface area contributed by atoms with Crippen LogP contribution in [0.1, 0.15) is 54.7 Å². The SMILES string of the molecule is CC(C)c1cc(C(=O)OC(C)c2ccccn2)n[nH]1. The molecular formula is C14H17N3O2. The minimum atomic E-state index is -0.443. The van der Waals surface area contributed by atoms with E-state index >= 15 is 0 Å². The van der Waals surface area contributed by atoms with E-state index in [1.807, 2.05) is 32.0 Å². The lowest BCUT2D eigenvalue weighted by atomic mass is 10.1. The zero-order valence-electron chi connectivity index (χ0n) is 11.3. The topological polar surface area (TPSA) is 67.9 Å². The van der Waals surface area contributed by atoms with E-state index in [2.05, 4.69) is 15.2 Å². The Hall–Kier alpha value is -2.17. The van der Waals surface area contributed by atoms with Gasteiger partial charge in [-0.15, -0.1) is 0 Å². The Bertz CT molecular complexity index is 549. The Labute approximate surface area is 112 Å². The lowest BCUT2D eigenvalue weighted by Crippen LogP contribution is -2.10. The molecule has 5 heteroatoms. The Morgan fingerprint density at radius 3 is 2.68 bits per heavy atom. The van der Waals surface area contributed by atoms with Crippen LogP contribution >= 0.6 is 0 Å². The maximum atomic E-state index is 11.9. The van der Waals surface area contributed by atoms with Gasteiger partial charge in [0.1, 0.15) is 6.10 Å². The molecule has 0 saturated carbocycles. The highest BCUT2D eigenvalue weighted by molar-refractivity contribution is 5.87. The minimum absolute atomic E-state index is 0.294. The molecule has 0 saturated heterocycles. The van der Waals surface area contributed by atoms with Crippen molar-refractivity contribution in [3.8, 4) is 0 Å². The third kappa shape index (κ3) is 3.19. The number of hydrogen-bond acceptors (Lipinski definition) is 4. The summed E-state index contributed by atoms with van der Waals surface area (Å²) < 4.78 is 5.33. The maximum Gasteiger partial charge on any atom is 0.359 e. The summed E-state index contributed by atoms with van der Waals surface area (Å²) in [5.74, 6) is -0.149. The van der Waals surface area contributed by atoms with Crippen molar-refractivity contribution in [3.05, 3.63) is 47.5 Å². The molecule has 1 N–H and O–H groups in total. The number of aromatic amines is 1. The standard InChI is InChI=1S/C14H17N3O2/c1-9(2)12-8-13(17-16-12)14(18)19-10(3)11-6-4-5-7-15-11/h4-10H,1-3H3,(H,16,17). The van der Waals surface area contributed by atoms with Gasteiger partial charge < -0.3 is 4.74 Å². The van der Waals surface area contributed by atoms with Crippen molar-refractivity contribution in [1.82, 2.24) is 15.2 Å². The first kappa shape index (κ1) is 13.3. The number of carbonyl (C=O) groups excluding carboxylic acids is 1. The second-order valence-electron chi connectivity index (χ2n) is 4.67. The number of esters is 1. The number of ether oxygens (including phenoxy) is 1. The second kappa shape index (κ2) is 5.65. The number of pyridine rings is 1. The molecule has 2 rings (SSSR count). The third-order valence-electron chi connectivity index (χ3n) is 2.82. The fraction of sp³-hybridized carbons (Fsp3) is 0.357. The van der Waals surface area contributed by atoms with Gasteiger partial charge in [-0.25, -0.2) is 4.79 Å². The first-order valence-corrected chi connectivity index (χ1v) is 6.25. The van der Waals surface area contributed by atoms with E-state index in [-0.39, 0.29) is 0 Å². The molecule has 0 aliphatic carbocycles. The van der Waals surface area contributed by atoms with Gasteiger partial charge in [0.2, 0.25) is 0 Å². The molecule has 100 valence electrons. The van der Waals surface area contributed by atoms with Gasteiger partial charge in [-0.1, -0.05) is 19.9 Å². The average molecular weight is 259 g/mol. The van der Waals surface area contributed by atoms with Gasteiger partial charge in [-0.2, -0.15) is 5.10 Å². The number of H-pyrrole nitrogens is 1. The normalized spacial score (nSPS) is 12.4. The Morgan fingerprint density at radius 1 is 1.32 bits per heavy atom. The molecule has 0 aromatic carbocycles. The summed E-state index contributed by atoms with van der Waals surface area (Å²) in [4.78, 5) is 16.1. The van der Waals surface area contributed by atoms with Gasteiger partial charge in [-0.05, 0) is 31.0 Å². The number of hydrogen-bond donors (Lipinski definition) is 1. The smallest absolute Gasteiger partial charge is 0.359 e. The fourth-order valence-electron chi connectivity index (χ4n) is 1.63. The van der Waals surface area contributed by atoms with Gasteiger partial charge in [0.15, 0.2) is 5.69 Å². The molecule has 0 fully saturated rings. The summed E-state index contributed by atoms with van der Waals surface area (Å²) in [5, 5.41) is 6.80. The lowest BCUT2D eigenvalue weighted by molar-refractivity contribution is 0.0322. The summed E-state index contributed by atoms with van der Waals surface area (Å²) in [6, 6.07) is 7.22. The van der Waals surface area contributed by atoms with Crippen LogP contribution in [0.15, 0.2) is 30.5 Å². The van der Waals surface area contributed by atoms with Crippen molar-refractivity contribution in [2.45, 2.75) is 32.8 Å². The first-order chi connectivity index (χ1) is 9.08. The van der Waals surface area contributed by atoms with Crippen LogP contribution in [0, 0.1) is 0 Å². The maximum absolute atomic E-state index is 11.9. The monoisotopic (exact) mass is 259 g/mol. The predicted octanol–water partition coefficient (Wildman–Crippen LogP) is 2.85. The van der Waals surface area contributed by atoms with Crippen molar-refractivity contribution >= 4 is 5.97 Å². The molecule has 0 aliphatic heterocycles. The molecule has 2 aromatic heterocycles. The second-order valence-corrected chi connectivity index (χ2v) is 4.67. The lowest BCUT2D eigenvalue weighted by Gasteiger charge is -2.11. The number of nitrogens with one attached hydrogen (secondary N) is 1. The van der Waals surface area contributed by atoms with E-state index in [1.54, 1.807) is 19.2 Å². The van der Waals surface area contributed by atoms with Gasteiger partial charge >= 0.3 is 5.97 Å². The van der Waals surface area contributed by atoms with Crippen LogP contribution in [0.3, 0.4) is 0 Å². The van der Waals surface area contributed by atoms with Crippen LogP contribution in [0.5, 0.6) is 0 Å². The van der Waals surface area contributed by atoms with Crippen molar-refractivity contribution in [2.24, 2.45) is 0 Å². The van der Waals surface area contributed by atoms with Crippen LogP contribution in [-0.2, 0) is 4.74 Å². The molecule has 0 bridgehead atoms. The van der Waals surface area contributed by atoms with Crippen LogP contribution in [-0.4, -0.2) is 21.2 Å². The van der Waals surface area contributed by atoms with Crippen LogP contribution in [0.2, 0.25) is 0 Å². The van der Waals surface area contributed by atoms with Crippen molar-refractivity contribution < 1.29 is 9.53 Å². The molecule has 1 unspecified atom stereocenters. The van der Waals surface area contributed by atoms with Gasteiger partial charge in [0.25, 0.3) is 0 Å². The predicted molar refractivity (Wildman–Crippen MR) is 70.7 cm³/mol. The van der Waals surface area contributed by atoms with Crippen LogP contribution in [0.4, 0.5) is 0 Å². The zero-order chi connectivity index (χ0) is 13.8. The highest BCUT2D eigenvalue weighted by Crippen LogP contribution is 2.17. The highest BCUT2D eigenvalue weighted by Gasteiger charge is 2.17. The van der Waals surface area contributed by atoms with Crippen molar-refractivity contribution in [1.29, 1.82) is 0 Å². The van der Waals surface area contributed by atoms with E-state index < -0.39 is 12.1 Å². The third-order valence-corrected chi connectivity index (χ3v) is 2.82. The minimum Gasteiger partial charge on any atom is -0.451 e. The molecule has 0 radical (unpaired) electrons. The fourth-order valence-corrected chi connectivity index (χ4v) is 1.63. The molecule has 2 aromatic rings.